The number of anilines is 2. The number of rotatable bonds is 9. The van der Waals surface area contributed by atoms with Crippen molar-refractivity contribution in [2.45, 2.75) is 37.9 Å². The van der Waals surface area contributed by atoms with Crippen molar-refractivity contribution in [1.82, 2.24) is 5.32 Å². The maximum Gasteiger partial charge on any atom is 0.416 e. The van der Waals surface area contributed by atoms with Gasteiger partial charge in [0.25, 0.3) is 0 Å². The van der Waals surface area contributed by atoms with Gasteiger partial charge in [-0.2, -0.15) is 13.2 Å². The van der Waals surface area contributed by atoms with Crippen molar-refractivity contribution in [3.05, 3.63) is 48.0 Å². The van der Waals surface area contributed by atoms with Crippen LogP contribution in [0.25, 0.3) is 0 Å². The summed E-state index contributed by atoms with van der Waals surface area (Å²) in [4.78, 5) is 38.9. The zero-order chi connectivity index (χ0) is 27.3. The standard InChI is InChI=1S/C25H26F3N3O6S/c26-25(27,28)16-4-3-7-19(10-16)31(12-22(32)29-17-5-1-2-6-17)24(34)14-38(35)13-23(33)30-18-8-9-20-21(11-18)37-15-36-20/h3-4,7-11,17H,1-2,5-6,12-15H2,(H,29,32)(H,30,33)/t38-/m1/s1. The van der Waals surface area contributed by atoms with Crippen LogP contribution in [0.15, 0.2) is 42.5 Å². The summed E-state index contributed by atoms with van der Waals surface area (Å²) in [7, 11) is -2.00. The number of hydrogen-bond acceptors (Lipinski definition) is 6. The number of amides is 3. The highest BCUT2D eigenvalue weighted by molar-refractivity contribution is 7.86. The minimum absolute atomic E-state index is 0.0555. The van der Waals surface area contributed by atoms with Crippen LogP contribution in [-0.2, 0) is 31.4 Å². The number of hydrogen-bond donors (Lipinski definition) is 2. The summed E-state index contributed by atoms with van der Waals surface area (Å²) in [5, 5.41) is 5.35. The second kappa shape index (κ2) is 11.8. The Morgan fingerprint density at radius 1 is 0.974 bits per heavy atom. The van der Waals surface area contributed by atoms with Gasteiger partial charge in [-0.15, -0.1) is 0 Å². The monoisotopic (exact) mass is 553 g/mol. The molecule has 9 nitrogen and oxygen atoms in total. The molecule has 13 heteroatoms. The molecule has 1 saturated carbocycles. The number of halogens is 3. The number of carbonyl (C=O) groups is 3. The molecule has 1 aliphatic heterocycles. The number of nitrogens with zero attached hydrogens (tertiary/aromatic N) is 1. The van der Waals surface area contributed by atoms with Crippen molar-refractivity contribution >= 4 is 39.9 Å². The molecule has 0 aromatic heterocycles. The Hall–Kier alpha value is -3.61. The van der Waals surface area contributed by atoms with Crippen LogP contribution in [0.3, 0.4) is 0 Å². The lowest BCUT2D eigenvalue weighted by Gasteiger charge is -2.24. The molecule has 4 rings (SSSR count). The molecule has 2 aromatic rings. The average molecular weight is 554 g/mol. The molecule has 2 N–H and O–H groups in total. The van der Waals surface area contributed by atoms with Gasteiger partial charge in [-0.3, -0.25) is 18.6 Å². The van der Waals surface area contributed by atoms with Crippen molar-refractivity contribution in [2.24, 2.45) is 0 Å². The third-order valence-corrected chi connectivity index (χ3v) is 7.19. The summed E-state index contributed by atoms with van der Waals surface area (Å²) in [5.41, 5.74) is -0.779. The number of carbonyl (C=O) groups excluding carboxylic acids is 3. The predicted octanol–water partition coefficient (Wildman–Crippen LogP) is 3.21. The quantitative estimate of drug-likeness (QED) is 0.493. The molecule has 1 fully saturated rings. The number of nitrogens with one attached hydrogen (secondary N) is 2. The summed E-state index contributed by atoms with van der Waals surface area (Å²) in [6, 6.07) is 8.65. The lowest BCUT2D eigenvalue weighted by Crippen LogP contribution is -2.45. The average Bonchev–Trinajstić information content (AvgIpc) is 3.53. The zero-order valence-electron chi connectivity index (χ0n) is 20.2. The van der Waals surface area contributed by atoms with Crippen LogP contribution in [0.4, 0.5) is 24.5 Å². The Bertz CT molecular complexity index is 1230. The molecule has 3 amide bonds. The van der Waals surface area contributed by atoms with Gasteiger partial charge in [0.15, 0.2) is 11.5 Å². The second-order valence-corrected chi connectivity index (χ2v) is 10.4. The normalized spacial score (nSPS) is 15.7. The first kappa shape index (κ1) is 27.4. The molecule has 1 aliphatic carbocycles. The van der Waals surface area contributed by atoms with Gasteiger partial charge < -0.3 is 25.0 Å². The van der Waals surface area contributed by atoms with Crippen molar-refractivity contribution in [3.8, 4) is 11.5 Å². The Morgan fingerprint density at radius 2 is 1.71 bits per heavy atom. The smallest absolute Gasteiger partial charge is 0.416 e. The van der Waals surface area contributed by atoms with E-state index < -0.39 is 58.3 Å². The fourth-order valence-corrected chi connectivity index (χ4v) is 5.14. The molecule has 2 aliphatic rings. The van der Waals surface area contributed by atoms with Crippen LogP contribution in [-0.4, -0.2) is 52.8 Å². The van der Waals surface area contributed by atoms with E-state index in [1.165, 1.54) is 12.1 Å². The summed E-state index contributed by atoms with van der Waals surface area (Å²) in [6.45, 7) is -0.489. The summed E-state index contributed by atoms with van der Waals surface area (Å²) >= 11 is 0. The van der Waals surface area contributed by atoms with E-state index in [9.17, 15) is 31.8 Å². The minimum Gasteiger partial charge on any atom is -0.454 e. The first-order valence-electron chi connectivity index (χ1n) is 11.9. The van der Waals surface area contributed by atoms with Crippen molar-refractivity contribution in [3.63, 3.8) is 0 Å². The molecular weight excluding hydrogens is 527 g/mol. The van der Waals surface area contributed by atoms with Gasteiger partial charge in [-0.1, -0.05) is 18.9 Å². The second-order valence-electron chi connectivity index (χ2n) is 8.92. The number of ether oxygens (including phenoxy) is 2. The SMILES string of the molecule is O=C(C[S@@](=O)CC(=O)N(CC(=O)NC1CCCC1)c1cccc(C(F)(F)F)c1)Nc1ccc2c(c1)OCO2. The molecule has 0 spiro atoms. The molecular formula is C25H26F3N3O6S. The fourth-order valence-electron chi connectivity index (χ4n) is 4.24. The van der Waals surface area contributed by atoms with E-state index in [0.29, 0.717) is 17.2 Å². The maximum absolute atomic E-state index is 13.3. The molecule has 0 saturated heterocycles. The van der Waals surface area contributed by atoms with Crippen molar-refractivity contribution < 1.29 is 41.2 Å². The summed E-state index contributed by atoms with van der Waals surface area (Å²) in [5.74, 6) is -2.27. The van der Waals surface area contributed by atoms with Gasteiger partial charge >= 0.3 is 6.18 Å². The van der Waals surface area contributed by atoms with E-state index in [-0.39, 0.29) is 18.5 Å². The summed E-state index contributed by atoms with van der Waals surface area (Å²) in [6.07, 6.45) is -1.19. The van der Waals surface area contributed by atoms with Gasteiger partial charge in [0, 0.05) is 34.3 Å². The molecule has 1 heterocycles. The van der Waals surface area contributed by atoms with Gasteiger partial charge in [0.1, 0.15) is 18.1 Å². The topological polar surface area (TPSA) is 114 Å². The van der Waals surface area contributed by atoms with Crippen molar-refractivity contribution in [1.29, 1.82) is 0 Å². The van der Waals surface area contributed by atoms with Gasteiger partial charge in [-0.25, -0.2) is 0 Å². The summed E-state index contributed by atoms with van der Waals surface area (Å²) < 4.78 is 62.9. The van der Waals surface area contributed by atoms with Crippen LogP contribution in [0, 0.1) is 0 Å². The Morgan fingerprint density at radius 3 is 2.45 bits per heavy atom. The number of benzene rings is 2. The largest absolute Gasteiger partial charge is 0.454 e. The van der Waals surface area contributed by atoms with Gasteiger partial charge in [0.05, 0.1) is 5.56 Å². The molecule has 0 unspecified atom stereocenters. The highest BCUT2D eigenvalue weighted by Crippen LogP contribution is 2.34. The van der Waals surface area contributed by atoms with Crippen LogP contribution in [0.2, 0.25) is 0 Å². The molecule has 1 atom stereocenters. The Kier molecular flexibility index (Phi) is 8.55. The highest BCUT2D eigenvalue weighted by Gasteiger charge is 2.32. The van der Waals surface area contributed by atoms with E-state index >= 15 is 0 Å². The Labute approximate surface area is 219 Å². The van der Waals surface area contributed by atoms with Gasteiger partial charge in [0.2, 0.25) is 24.5 Å². The van der Waals surface area contributed by atoms with E-state index in [2.05, 4.69) is 10.6 Å². The number of fused-ring (bicyclic) bond motifs is 1. The zero-order valence-corrected chi connectivity index (χ0v) is 21.0. The van der Waals surface area contributed by atoms with Crippen molar-refractivity contribution in [2.75, 3.05) is 35.1 Å². The van der Waals surface area contributed by atoms with E-state index in [1.54, 1.807) is 12.1 Å². The molecule has 0 radical (unpaired) electrons. The minimum atomic E-state index is -4.66. The van der Waals surface area contributed by atoms with E-state index in [1.807, 2.05) is 0 Å². The van der Waals surface area contributed by atoms with Crippen LogP contribution < -0.4 is 25.0 Å². The lowest BCUT2D eigenvalue weighted by atomic mass is 10.1. The number of alkyl halides is 3. The third kappa shape index (κ3) is 7.24. The Balaban J connectivity index is 1.42. The first-order chi connectivity index (χ1) is 18.1. The first-order valence-corrected chi connectivity index (χ1v) is 13.4. The van der Waals surface area contributed by atoms with E-state index in [4.69, 9.17) is 9.47 Å². The van der Waals surface area contributed by atoms with Crippen LogP contribution >= 0.6 is 0 Å². The van der Waals surface area contributed by atoms with E-state index in [0.717, 1.165) is 48.8 Å². The fraction of sp³-hybridized carbons (Fsp3) is 0.400. The lowest BCUT2D eigenvalue weighted by molar-refractivity contribution is -0.137. The van der Waals surface area contributed by atoms with Gasteiger partial charge in [-0.05, 0) is 43.2 Å². The molecule has 38 heavy (non-hydrogen) atoms. The molecule has 0 bridgehead atoms. The molecule has 2 aromatic carbocycles. The van der Waals surface area contributed by atoms with Crippen LogP contribution in [0.1, 0.15) is 31.2 Å². The van der Waals surface area contributed by atoms with Crippen LogP contribution in [0.5, 0.6) is 11.5 Å². The predicted molar refractivity (Wildman–Crippen MR) is 133 cm³/mol. The maximum atomic E-state index is 13.3. The molecule has 204 valence electrons. The highest BCUT2D eigenvalue weighted by atomic mass is 32.2. The third-order valence-electron chi connectivity index (χ3n) is 6.04.